The SMILES string of the molecule is CCC(CC)n1ccc(CC(=O)C(CN)C(C)C)n1. The highest BCUT2D eigenvalue weighted by Gasteiger charge is 2.21. The minimum atomic E-state index is -0.0571. The number of nitrogens with zero attached hydrogens (tertiary/aromatic N) is 2. The molecule has 0 saturated heterocycles. The fraction of sp³-hybridized carbons (Fsp3) is 0.733. The van der Waals surface area contributed by atoms with E-state index in [0.717, 1.165) is 18.5 Å². The zero-order chi connectivity index (χ0) is 14.4. The molecule has 1 rings (SSSR count). The predicted octanol–water partition coefficient (Wildman–Crippen LogP) is 2.59. The molecule has 1 aromatic heterocycles. The lowest BCUT2D eigenvalue weighted by Crippen LogP contribution is -2.29. The summed E-state index contributed by atoms with van der Waals surface area (Å²) in [5.74, 6) is 0.434. The van der Waals surface area contributed by atoms with Crippen LogP contribution in [0.1, 0.15) is 52.3 Å². The van der Waals surface area contributed by atoms with Gasteiger partial charge in [-0.3, -0.25) is 9.48 Å². The van der Waals surface area contributed by atoms with Crippen LogP contribution in [0.2, 0.25) is 0 Å². The minimum Gasteiger partial charge on any atom is -0.330 e. The number of ketones is 1. The molecule has 0 aromatic carbocycles. The van der Waals surface area contributed by atoms with Gasteiger partial charge in [-0.2, -0.15) is 5.10 Å². The lowest BCUT2D eigenvalue weighted by Gasteiger charge is -2.16. The van der Waals surface area contributed by atoms with Crippen LogP contribution in [0.3, 0.4) is 0 Å². The fourth-order valence-corrected chi connectivity index (χ4v) is 2.42. The lowest BCUT2D eigenvalue weighted by atomic mass is 9.89. The Morgan fingerprint density at radius 2 is 2.00 bits per heavy atom. The quantitative estimate of drug-likeness (QED) is 0.786. The summed E-state index contributed by atoms with van der Waals surface area (Å²) < 4.78 is 1.98. The Morgan fingerprint density at radius 3 is 2.47 bits per heavy atom. The van der Waals surface area contributed by atoms with E-state index < -0.39 is 0 Å². The fourth-order valence-electron chi connectivity index (χ4n) is 2.42. The molecule has 0 bridgehead atoms. The van der Waals surface area contributed by atoms with Gasteiger partial charge in [-0.1, -0.05) is 27.7 Å². The van der Waals surface area contributed by atoms with E-state index in [1.807, 2.05) is 30.8 Å². The van der Waals surface area contributed by atoms with Crippen LogP contribution in [-0.2, 0) is 11.2 Å². The molecule has 1 aromatic rings. The Labute approximate surface area is 116 Å². The van der Waals surface area contributed by atoms with E-state index in [9.17, 15) is 4.79 Å². The van der Waals surface area contributed by atoms with Gasteiger partial charge in [0.15, 0.2) is 0 Å². The van der Waals surface area contributed by atoms with Gasteiger partial charge >= 0.3 is 0 Å². The first-order valence-electron chi connectivity index (χ1n) is 7.30. The topological polar surface area (TPSA) is 60.9 Å². The van der Waals surface area contributed by atoms with Gasteiger partial charge in [0, 0.05) is 18.7 Å². The summed E-state index contributed by atoms with van der Waals surface area (Å²) in [6.07, 6.45) is 4.49. The van der Waals surface area contributed by atoms with Crippen molar-refractivity contribution in [3.8, 4) is 0 Å². The number of rotatable bonds is 8. The van der Waals surface area contributed by atoms with E-state index in [4.69, 9.17) is 5.73 Å². The van der Waals surface area contributed by atoms with Gasteiger partial charge in [0.2, 0.25) is 0 Å². The molecule has 2 N–H and O–H groups in total. The molecule has 4 heteroatoms. The summed E-state index contributed by atoms with van der Waals surface area (Å²) in [6.45, 7) is 8.81. The third-order valence-electron chi connectivity index (χ3n) is 3.81. The molecule has 1 unspecified atom stereocenters. The van der Waals surface area contributed by atoms with Gasteiger partial charge in [-0.25, -0.2) is 0 Å². The Balaban J connectivity index is 2.70. The highest BCUT2D eigenvalue weighted by atomic mass is 16.1. The molecule has 0 aliphatic heterocycles. The number of nitrogens with two attached hydrogens (primary N) is 1. The molecule has 0 fully saturated rings. The van der Waals surface area contributed by atoms with Crippen LogP contribution in [0.15, 0.2) is 12.3 Å². The first-order chi connectivity index (χ1) is 9.03. The van der Waals surface area contributed by atoms with Crippen molar-refractivity contribution in [2.45, 2.75) is 53.0 Å². The van der Waals surface area contributed by atoms with Gasteiger partial charge in [0.1, 0.15) is 5.78 Å². The molecule has 0 spiro atoms. The van der Waals surface area contributed by atoms with E-state index in [1.54, 1.807) is 0 Å². The number of carbonyl (C=O) groups excluding carboxylic acids is 1. The zero-order valence-electron chi connectivity index (χ0n) is 12.6. The standard InChI is InChI=1S/C15H27N3O/c1-5-13(6-2)18-8-7-12(17-18)9-15(19)14(10-16)11(3)4/h7-8,11,13-14H,5-6,9-10,16H2,1-4H3. The number of Topliss-reactive ketones (excluding diaryl/α,β-unsaturated/α-hetero) is 1. The second kappa shape index (κ2) is 7.43. The molecule has 0 aliphatic rings. The Bertz CT molecular complexity index is 394. The summed E-state index contributed by atoms with van der Waals surface area (Å²) in [7, 11) is 0. The summed E-state index contributed by atoms with van der Waals surface area (Å²) in [6, 6.07) is 2.38. The molecule has 0 aliphatic carbocycles. The van der Waals surface area contributed by atoms with E-state index >= 15 is 0 Å². The van der Waals surface area contributed by atoms with E-state index in [1.165, 1.54) is 0 Å². The molecule has 1 heterocycles. The van der Waals surface area contributed by atoms with Gasteiger partial charge in [-0.15, -0.1) is 0 Å². The maximum atomic E-state index is 12.2. The van der Waals surface area contributed by atoms with E-state index in [-0.39, 0.29) is 11.7 Å². The predicted molar refractivity (Wildman–Crippen MR) is 77.9 cm³/mol. The number of carbonyl (C=O) groups is 1. The van der Waals surface area contributed by atoms with Crippen molar-refractivity contribution in [3.05, 3.63) is 18.0 Å². The maximum Gasteiger partial charge on any atom is 0.143 e. The van der Waals surface area contributed by atoms with Gasteiger partial charge in [0.05, 0.1) is 18.2 Å². The Morgan fingerprint density at radius 1 is 1.37 bits per heavy atom. The average molecular weight is 265 g/mol. The zero-order valence-corrected chi connectivity index (χ0v) is 12.6. The maximum absolute atomic E-state index is 12.2. The Kier molecular flexibility index (Phi) is 6.22. The minimum absolute atomic E-state index is 0.0571. The second-order valence-corrected chi connectivity index (χ2v) is 5.49. The molecule has 0 saturated carbocycles. The first kappa shape index (κ1) is 15.9. The van der Waals surface area contributed by atoms with Crippen LogP contribution < -0.4 is 5.73 Å². The van der Waals surface area contributed by atoms with Crippen LogP contribution in [0.5, 0.6) is 0 Å². The van der Waals surface area contributed by atoms with Crippen molar-refractivity contribution < 1.29 is 4.79 Å². The van der Waals surface area contributed by atoms with E-state index in [0.29, 0.717) is 24.9 Å². The molecule has 4 nitrogen and oxygen atoms in total. The number of hydrogen-bond donors (Lipinski definition) is 1. The smallest absolute Gasteiger partial charge is 0.143 e. The molecular weight excluding hydrogens is 238 g/mol. The van der Waals surface area contributed by atoms with Crippen molar-refractivity contribution in [3.63, 3.8) is 0 Å². The molecule has 0 radical (unpaired) electrons. The lowest BCUT2D eigenvalue weighted by molar-refractivity contribution is -0.123. The molecule has 0 amide bonds. The van der Waals surface area contributed by atoms with Crippen LogP contribution in [0.4, 0.5) is 0 Å². The summed E-state index contributed by atoms with van der Waals surface area (Å²) in [4.78, 5) is 12.2. The Hall–Kier alpha value is -1.16. The summed E-state index contributed by atoms with van der Waals surface area (Å²) >= 11 is 0. The van der Waals surface area contributed by atoms with Crippen LogP contribution in [0.25, 0.3) is 0 Å². The van der Waals surface area contributed by atoms with Crippen LogP contribution >= 0.6 is 0 Å². The first-order valence-corrected chi connectivity index (χ1v) is 7.30. The molecular formula is C15H27N3O. The largest absolute Gasteiger partial charge is 0.330 e. The molecule has 19 heavy (non-hydrogen) atoms. The summed E-state index contributed by atoms with van der Waals surface area (Å²) in [5.41, 5.74) is 6.54. The highest BCUT2D eigenvalue weighted by molar-refractivity contribution is 5.83. The van der Waals surface area contributed by atoms with Crippen molar-refractivity contribution in [2.24, 2.45) is 17.6 Å². The highest BCUT2D eigenvalue weighted by Crippen LogP contribution is 2.16. The van der Waals surface area contributed by atoms with Crippen molar-refractivity contribution in [1.82, 2.24) is 9.78 Å². The third-order valence-corrected chi connectivity index (χ3v) is 3.81. The second-order valence-electron chi connectivity index (χ2n) is 5.49. The molecule has 108 valence electrons. The van der Waals surface area contributed by atoms with Crippen LogP contribution in [-0.4, -0.2) is 22.1 Å². The molecule has 1 atom stereocenters. The van der Waals surface area contributed by atoms with Crippen molar-refractivity contribution in [2.75, 3.05) is 6.54 Å². The average Bonchev–Trinajstić information content (AvgIpc) is 2.79. The van der Waals surface area contributed by atoms with Crippen LogP contribution in [0, 0.1) is 11.8 Å². The van der Waals surface area contributed by atoms with E-state index in [2.05, 4.69) is 18.9 Å². The van der Waals surface area contributed by atoms with Gasteiger partial charge < -0.3 is 5.73 Å². The van der Waals surface area contributed by atoms with Gasteiger partial charge in [-0.05, 0) is 24.8 Å². The van der Waals surface area contributed by atoms with Crippen molar-refractivity contribution in [1.29, 1.82) is 0 Å². The van der Waals surface area contributed by atoms with Gasteiger partial charge in [0.25, 0.3) is 0 Å². The third kappa shape index (κ3) is 4.16. The number of hydrogen-bond acceptors (Lipinski definition) is 3. The normalized spacial score (nSPS) is 13.2. The number of aromatic nitrogens is 2. The summed E-state index contributed by atoms with van der Waals surface area (Å²) in [5, 5.41) is 4.52. The van der Waals surface area contributed by atoms with Crippen molar-refractivity contribution >= 4 is 5.78 Å². The monoisotopic (exact) mass is 265 g/mol.